The van der Waals surface area contributed by atoms with Crippen molar-refractivity contribution < 1.29 is 4.79 Å². The molecule has 96 valence electrons. The summed E-state index contributed by atoms with van der Waals surface area (Å²) in [6.07, 6.45) is 2.71. The summed E-state index contributed by atoms with van der Waals surface area (Å²) >= 11 is 3.39. The molecular weight excluding hydrogens is 282 g/mol. The molecule has 0 fully saturated rings. The second kappa shape index (κ2) is 6.21. The number of nitrogens with two attached hydrogens (primary N) is 1. The Labute approximate surface area is 111 Å². The van der Waals surface area contributed by atoms with Crippen LogP contribution in [0.4, 0.5) is 0 Å². The lowest BCUT2D eigenvalue weighted by Gasteiger charge is -2.13. The molecule has 0 radical (unpaired) electrons. The van der Waals surface area contributed by atoms with Gasteiger partial charge in [-0.3, -0.25) is 4.79 Å². The van der Waals surface area contributed by atoms with Gasteiger partial charge in [-0.25, -0.2) is 0 Å². The lowest BCUT2D eigenvalue weighted by molar-refractivity contribution is 0.0942. The van der Waals surface area contributed by atoms with Crippen LogP contribution in [-0.2, 0) is 0 Å². The van der Waals surface area contributed by atoms with Gasteiger partial charge in [0.25, 0.3) is 5.91 Å². The molecule has 1 atom stereocenters. The van der Waals surface area contributed by atoms with Crippen LogP contribution in [-0.4, -0.2) is 23.1 Å². The molecular formula is C12H20BrN3O. The lowest BCUT2D eigenvalue weighted by Crippen LogP contribution is -2.30. The first-order chi connectivity index (χ1) is 7.91. The summed E-state index contributed by atoms with van der Waals surface area (Å²) in [7, 11) is 0. The van der Waals surface area contributed by atoms with Crippen LogP contribution >= 0.6 is 15.9 Å². The fraction of sp³-hybridized carbons (Fsp3) is 0.583. The molecule has 1 amide bonds. The lowest BCUT2D eigenvalue weighted by atomic mass is 10.2. The molecule has 17 heavy (non-hydrogen) atoms. The van der Waals surface area contributed by atoms with E-state index in [1.807, 2.05) is 37.6 Å². The number of hydrogen-bond donors (Lipinski definition) is 2. The second-order valence-electron chi connectivity index (χ2n) is 4.57. The molecule has 1 rings (SSSR count). The molecule has 0 saturated heterocycles. The van der Waals surface area contributed by atoms with Gasteiger partial charge in [-0.2, -0.15) is 0 Å². The fourth-order valence-corrected chi connectivity index (χ4v) is 2.00. The molecule has 3 N–H and O–H groups in total. The zero-order valence-electron chi connectivity index (χ0n) is 10.5. The summed E-state index contributed by atoms with van der Waals surface area (Å²) in [5, 5.41) is 2.88. The van der Waals surface area contributed by atoms with Gasteiger partial charge < -0.3 is 15.6 Å². The standard InChI is InChI=1S/C12H20BrN3O/c1-8(2)16-7-10(13)6-11(16)12(17)15-5-4-9(3)14/h6-9H,4-5,14H2,1-3H3,(H,15,17). The maximum absolute atomic E-state index is 12.0. The van der Waals surface area contributed by atoms with Crippen LogP contribution in [0, 0.1) is 0 Å². The number of carbonyl (C=O) groups is 1. The quantitative estimate of drug-likeness (QED) is 0.877. The molecule has 0 bridgehead atoms. The molecule has 0 aliphatic rings. The van der Waals surface area contributed by atoms with Crippen LogP contribution in [0.2, 0.25) is 0 Å². The highest BCUT2D eigenvalue weighted by atomic mass is 79.9. The van der Waals surface area contributed by atoms with Crippen LogP contribution in [0.25, 0.3) is 0 Å². The number of amides is 1. The smallest absolute Gasteiger partial charge is 0.267 e. The molecule has 0 spiro atoms. The number of carbonyl (C=O) groups excluding carboxylic acids is 1. The third kappa shape index (κ3) is 4.16. The summed E-state index contributed by atoms with van der Waals surface area (Å²) in [6.45, 7) is 6.63. The maximum atomic E-state index is 12.0. The van der Waals surface area contributed by atoms with Crippen LogP contribution in [0.1, 0.15) is 43.7 Å². The Kier molecular flexibility index (Phi) is 5.21. The molecule has 1 aromatic heterocycles. The minimum atomic E-state index is -0.0509. The topological polar surface area (TPSA) is 60.0 Å². The number of nitrogens with zero attached hydrogens (tertiary/aromatic N) is 1. The van der Waals surface area contributed by atoms with Crippen molar-refractivity contribution in [1.29, 1.82) is 0 Å². The Morgan fingerprint density at radius 1 is 1.53 bits per heavy atom. The monoisotopic (exact) mass is 301 g/mol. The summed E-state index contributed by atoms with van der Waals surface area (Å²) in [5.41, 5.74) is 6.31. The number of aromatic nitrogens is 1. The normalized spacial score (nSPS) is 12.8. The van der Waals surface area contributed by atoms with Gasteiger partial charge in [0.15, 0.2) is 0 Å². The van der Waals surface area contributed by atoms with E-state index in [1.54, 1.807) is 0 Å². The Balaban J connectivity index is 2.68. The van der Waals surface area contributed by atoms with E-state index in [2.05, 4.69) is 21.2 Å². The van der Waals surface area contributed by atoms with Gasteiger partial charge in [0.2, 0.25) is 0 Å². The van der Waals surface area contributed by atoms with Gasteiger partial charge in [-0.05, 0) is 49.2 Å². The Bertz CT molecular complexity index is 385. The number of rotatable bonds is 5. The molecule has 1 unspecified atom stereocenters. The first-order valence-electron chi connectivity index (χ1n) is 5.83. The Hall–Kier alpha value is -0.810. The first kappa shape index (κ1) is 14.3. The van der Waals surface area contributed by atoms with E-state index in [0.717, 1.165) is 10.9 Å². The second-order valence-corrected chi connectivity index (χ2v) is 5.48. The fourth-order valence-electron chi connectivity index (χ4n) is 1.56. The summed E-state index contributed by atoms with van der Waals surface area (Å²) in [5.74, 6) is -0.0509. The third-order valence-corrected chi connectivity index (χ3v) is 2.92. The van der Waals surface area contributed by atoms with Crippen molar-refractivity contribution in [2.24, 2.45) is 5.73 Å². The summed E-state index contributed by atoms with van der Waals surface area (Å²) in [4.78, 5) is 12.0. The van der Waals surface area contributed by atoms with E-state index < -0.39 is 0 Å². The van der Waals surface area contributed by atoms with E-state index in [0.29, 0.717) is 12.2 Å². The first-order valence-corrected chi connectivity index (χ1v) is 6.62. The third-order valence-electron chi connectivity index (χ3n) is 2.49. The van der Waals surface area contributed by atoms with E-state index in [9.17, 15) is 4.79 Å². The molecule has 1 heterocycles. The van der Waals surface area contributed by atoms with Crippen LogP contribution in [0.3, 0.4) is 0 Å². The molecule has 0 saturated carbocycles. The molecule has 4 nitrogen and oxygen atoms in total. The van der Waals surface area contributed by atoms with Crippen LogP contribution < -0.4 is 11.1 Å². The van der Waals surface area contributed by atoms with E-state index in [1.165, 1.54) is 0 Å². The molecule has 0 aromatic carbocycles. The van der Waals surface area contributed by atoms with Gasteiger partial charge in [0.05, 0.1) is 0 Å². The van der Waals surface area contributed by atoms with Crippen molar-refractivity contribution in [2.45, 2.75) is 39.3 Å². The van der Waals surface area contributed by atoms with Crippen molar-refractivity contribution in [1.82, 2.24) is 9.88 Å². The average molecular weight is 302 g/mol. The van der Waals surface area contributed by atoms with Crippen molar-refractivity contribution in [3.05, 3.63) is 22.4 Å². The SMILES string of the molecule is CC(N)CCNC(=O)c1cc(Br)cn1C(C)C. The average Bonchev–Trinajstić information content (AvgIpc) is 2.59. The van der Waals surface area contributed by atoms with Crippen molar-refractivity contribution in [2.75, 3.05) is 6.54 Å². The Morgan fingerprint density at radius 2 is 2.18 bits per heavy atom. The minimum absolute atomic E-state index is 0.0509. The Morgan fingerprint density at radius 3 is 2.71 bits per heavy atom. The minimum Gasteiger partial charge on any atom is -0.351 e. The molecule has 0 aliphatic heterocycles. The zero-order chi connectivity index (χ0) is 13.0. The molecule has 1 aromatic rings. The van der Waals surface area contributed by atoms with Gasteiger partial charge in [0, 0.05) is 29.3 Å². The maximum Gasteiger partial charge on any atom is 0.267 e. The van der Waals surface area contributed by atoms with E-state index >= 15 is 0 Å². The molecule has 5 heteroatoms. The van der Waals surface area contributed by atoms with E-state index in [-0.39, 0.29) is 18.0 Å². The van der Waals surface area contributed by atoms with Gasteiger partial charge >= 0.3 is 0 Å². The zero-order valence-corrected chi connectivity index (χ0v) is 12.1. The summed E-state index contributed by atoms with van der Waals surface area (Å²) in [6, 6.07) is 2.20. The largest absolute Gasteiger partial charge is 0.351 e. The van der Waals surface area contributed by atoms with Gasteiger partial charge in [-0.1, -0.05) is 0 Å². The van der Waals surface area contributed by atoms with Gasteiger partial charge in [-0.15, -0.1) is 0 Å². The van der Waals surface area contributed by atoms with Crippen LogP contribution in [0.5, 0.6) is 0 Å². The van der Waals surface area contributed by atoms with Crippen molar-refractivity contribution in [3.8, 4) is 0 Å². The molecule has 0 aliphatic carbocycles. The van der Waals surface area contributed by atoms with Crippen molar-refractivity contribution >= 4 is 21.8 Å². The number of nitrogens with one attached hydrogen (secondary N) is 1. The van der Waals surface area contributed by atoms with Crippen molar-refractivity contribution in [3.63, 3.8) is 0 Å². The highest BCUT2D eigenvalue weighted by Crippen LogP contribution is 2.19. The number of halogens is 1. The highest BCUT2D eigenvalue weighted by molar-refractivity contribution is 9.10. The number of hydrogen-bond acceptors (Lipinski definition) is 2. The van der Waals surface area contributed by atoms with Gasteiger partial charge in [0.1, 0.15) is 5.69 Å². The van der Waals surface area contributed by atoms with Crippen LogP contribution in [0.15, 0.2) is 16.7 Å². The predicted octanol–water partition coefficient (Wildman–Crippen LogP) is 2.30. The predicted molar refractivity (Wildman–Crippen MR) is 73.1 cm³/mol. The van der Waals surface area contributed by atoms with E-state index in [4.69, 9.17) is 5.73 Å². The highest BCUT2D eigenvalue weighted by Gasteiger charge is 2.14. The summed E-state index contributed by atoms with van der Waals surface area (Å²) < 4.78 is 2.87.